The van der Waals surface area contributed by atoms with Gasteiger partial charge in [-0.25, -0.2) is 4.79 Å². The van der Waals surface area contributed by atoms with Crippen LogP contribution < -0.4 is 11.1 Å². The number of benzene rings is 1. The van der Waals surface area contributed by atoms with Crippen LogP contribution in [0.2, 0.25) is 0 Å². The summed E-state index contributed by atoms with van der Waals surface area (Å²) in [5.41, 5.74) is 7.48. The number of rotatable bonds is 4. The molecule has 94 valence electrons. The number of nitrogens with two attached hydrogens (primary N) is 1. The lowest BCUT2D eigenvalue weighted by Gasteiger charge is -2.10. The molecule has 1 atom stereocenters. The first-order valence-corrected chi connectivity index (χ1v) is 5.78. The maximum Gasteiger partial charge on any atom is 0.411 e. The third kappa shape index (κ3) is 4.87. The third-order valence-electron chi connectivity index (χ3n) is 2.23. The van der Waals surface area contributed by atoms with E-state index < -0.39 is 6.09 Å². The van der Waals surface area contributed by atoms with Crippen molar-refractivity contribution in [3.63, 3.8) is 0 Å². The Morgan fingerprint density at radius 3 is 2.35 bits per heavy atom. The van der Waals surface area contributed by atoms with Gasteiger partial charge in [-0.1, -0.05) is 26.0 Å². The fourth-order valence-corrected chi connectivity index (χ4v) is 1.27. The van der Waals surface area contributed by atoms with E-state index in [0.29, 0.717) is 18.2 Å². The van der Waals surface area contributed by atoms with Crippen LogP contribution in [-0.4, -0.2) is 12.7 Å². The molecule has 4 heteroatoms. The van der Waals surface area contributed by atoms with Gasteiger partial charge < -0.3 is 10.5 Å². The Morgan fingerprint density at radius 1 is 1.29 bits per heavy atom. The highest BCUT2D eigenvalue weighted by Crippen LogP contribution is 2.14. The lowest BCUT2D eigenvalue weighted by Crippen LogP contribution is -2.16. The minimum atomic E-state index is -0.424. The van der Waals surface area contributed by atoms with Crippen molar-refractivity contribution < 1.29 is 9.53 Å². The molecular formula is C13H20N2O2. The highest BCUT2D eigenvalue weighted by molar-refractivity contribution is 5.84. The first-order chi connectivity index (χ1) is 7.99. The number of anilines is 1. The van der Waals surface area contributed by atoms with Gasteiger partial charge >= 0.3 is 6.09 Å². The van der Waals surface area contributed by atoms with Crippen molar-refractivity contribution in [2.45, 2.75) is 26.8 Å². The molecular weight excluding hydrogens is 216 g/mol. The molecule has 3 N–H and O–H groups in total. The van der Waals surface area contributed by atoms with Crippen LogP contribution in [0.15, 0.2) is 24.3 Å². The molecule has 17 heavy (non-hydrogen) atoms. The lowest BCUT2D eigenvalue weighted by molar-refractivity contribution is 0.147. The number of hydrogen-bond donors (Lipinski definition) is 2. The van der Waals surface area contributed by atoms with E-state index in [2.05, 4.69) is 5.32 Å². The zero-order valence-electron chi connectivity index (χ0n) is 10.6. The third-order valence-corrected chi connectivity index (χ3v) is 2.23. The van der Waals surface area contributed by atoms with Crippen LogP contribution in [0.4, 0.5) is 10.5 Å². The number of hydrogen-bond acceptors (Lipinski definition) is 3. The molecule has 1 aromatic rings. The van der Waals surface area contributed by atoms with E-state index in [4.69, 9.17) is 10.5 Å². The minimum absolute atomic E-state index is 0.00283. The van der Waals surface area contributed by atoms with Crippen molar-refractivity contribution in [2.24, 2.45) is 11.7 Å². The molecule has 1 aromatic carbocycles. The molecule has 0 aliphatic rings. The number of nitrogens with one attached hydrogen (secondary N) is 1. The fourth-order valence-electron chi connectivity index (χ4n) is 1.27. The Labute approximate surface area is 102 Å². The summed E-state index contributed by atoms with van der Waals surface area (Å²) in [6, 6.07) is 7.41. The summed E-state index contributed by atoms with van der Waals surface area (Å²) in [6.07, 6.45) is -0.424. The van der Waals surface area contributed by atoms with Gasteiger partial charge in [-0.2, -0.15) is 0 Å². The average Bonchev–Trinajstić information content (AvgIpc) is 2.27. The van der Waals surface area contributed by atoms with Crippen molar-refractivity contribution in [1.82, 2.24) is 0 Å². The van der Waals surface area contributed by atoms with E-state index in [-0.39, 0.29) is 6.04 Å². The van der Waals surface area contributed by atoms with Gasteiger partial charge in [0.1, 0.15) is 0 Å². The molecule has 4 nitrogen and oxygen atoms in total. The molecule has 0 aromatic heterocycles. The van der Waals surface area contributed by atoms with Crippen LogP contribution in [0.25, 0.3) is 0 Å². The molecule has 1 unspecified atom stereocenters. The van der Waals surface area contributed by atoms with Gasteiger partial charge in [-0.15, -0.1) is 0 Å². The quantitative estimate of drug-likeness (QED) is 0.844. The molecule has 0 fully saturated rings. The van der Waals surface area contributed by atoms with Crippen molar-refractivity contribution in [2.75, 3.05) is 11.9 Å². The van der Waals surface area contributed by atoms with Crippen LogP contribution in [0.1, 0.15) is 32.4 Å². The normalized spacial score (nSPS) is 12.3. The standard InChI is InChI=1S/C13H20N2O2/c1-9(2)8-17-13(16)15-12-6-4-11(5-7-12)10(3)14/h4-7,9-10H,8,14H2,1-3H3,(H,15,16). The van der Waals surface area contributed by atoms with Crippen LogP contribution in [-0.2, 0) is 4.74 Å². The minimum Gasteiger partial charge on any atom is -0.449 e. The maximum absolute atomic E-state index is 11.4. The fraction of sp³-hybridized carbons (Fsp3) is 0.462. The van der Waals surface area contributed by atoms with Gasteiger partial charge in [0.25, 0.3) is 0 Å². The SMILES string of the molecule is CC(C)COC(=O)Nc1ccc(C(C)N)cc1. The molecule has 0 heterocycles. The van der Waals surface area contributed by atoms with Gasteiger partial charge in [0.15, 0.2) is 0 Å². The Hall–Kier alpha value is -1.55. The summed E-state index contributed by atoms with van der Waals surface area (Å²) in [4.78, 5) is 11.4. The van der Waals surface area contributed by atoms with Gasteiger partial charge in [0.2, 0.25) is 0 Å². The van der Waals surface area contributed by atoms with Gasteiger partial charge in [-0.05, 0) is 30.5 Å². The van der Waals surface area contributed by atoms with E-state index in [1.54, 1.807) is 0 Å². The second-order valence-corrected chi connectivity index (χ2v) is 4.53. The van der Waals surface area contributed by atoms with Crippen molar-refractivity contribution >= 4 is 11.8 Å². The van der Waals surface area contributed by atoms with Crippen molar-refractivity contribution in [1.29, 1.82) is 0 Å². The molecule has 1 rings (SSSR count). The molecule has 0 saturated carbocycles. The molecule has 0 radical (unpaired) electrons. The highest BCUT2D eigenvalue weighted by atomic mass is 16.5. The second-order valence-electron chi connectivity index (χ2n) is 4.53. The summed E-state index contributed by atoms with van der Waals surface area (Å²) in [5, 5.41) is 2.66. The summed E-state index contributed by atoms with van der Waals surface area (Å²) < 4.78 is 5.01. The molecule has 0 bridgehead atoms. The van der Waals surface area contributed by atoms with E-state index in [1.165, 1.54) is 0 Å². The summed E-state index contributed by atoms with van der Waals surface area (Å²) in [7, 11) is 0. The Bertz CT molecular complexity index is 358. The van der Waals surface area contributed by atoms with Crippen LogP contribution in [0, 0.1) is 5.92 Å². The van der Waals surface area contributed by atoms with E-state index in [9.17, 15) is 4.79 Å². The van der Waals surface area contributed by atoms with Crippen molar-refractivity contribution in [3.05, 3.63) is 29.8 Å². The predicted molar refractivity (Wildman–Crippen MR) is 68.9 cm³/mol. The molecule has 0 spiro atoms. The van der Waals surface area contributed by atoms with Gasteiger partial charge in [0, 0.05) is 11.7 Å². The smallest absolute Gasteiger partial charge is 0.411 e. The van der Waals surface area contributed by atoms with Gasteiger partial charge in [0.05, 0.1) is 6.61 Å². The molecule has 0 aliphatic heterocycles. The number of ether oxygens (including phenoxy) is 1. The van der Waals surface area contributed by atoms with E-state index >= 15 is 0 Å². The topological polar surface area (TPSA) is 64.3 Å². The van der Waals surface area contributed by atoms with Crippen molar-refractivity contribution in [3.8, 4) is 0 Å². The molecule has 1 amide bonds. The largest absolute Gasteiger partial charge is 0.449 e. The maximum atomic E-state index is 11.4. The number of carbonyl (C=O) groups excluding carboxylic acids is 1. The Balaban J connectivity index is 2.48. The zero-order valence-corrected chi connectivity index (χ0v) is 10.6. The number of amides is 1. The molecule has 0 saturated heterocycles. The Kier molecular flexibility index (Phi) is 4.97. The molecule has 0 aliphatic carbocycles. The highest BCUT2D eigenvalue weighted by Gasteiger charge is 2.05. The summed E-state index contributed by atoms with van der Waals surface area (Å²) in [6.45, 7) is 6.32. The Morgan fingerprint density at radius 2 is 1.88 bits per heavy atom. The van der Waals surface area contributed by atoms with E-state index in [0.717, 1.165) is 5.56 Å². The number of carbonyl (C=O) groups is 1. The second kappa shape index (κ2) is 6.25. The van der Waals surface area contributed by atoms with E-state index in [1.807, 2.05) is 45.0 Å². The van der Waals surface area contributed by atoms with Crippen LogP contribution in [0.3, 0.4) is 0 Å². The monoisotopic (exact) mass is 236 g/mol. The summed E-state index contributed by atoms with van der Waals surface area (Å²) in [5.74, 6) is 0.334. The van der Waals surface area contributed by atoms with Gasteiger partial charge in [-0.3, -0.25) is 5.32 Å². The van der Waals surface area contributed by atoms with Crippen LogP contribution in [0.5, 0.6) is 0 Å². The first-order valence-electron chi connectivity index (χ1n) is 5.78. The predicted octanol–water partition coefficient (Wildman–Crippen LogP) is 2.91. The first kappa shape index (κ1) is 13.5. The lowest BCUT2D eigenvalue weighted by atomic mass is 10.1. The van der Waals surface area contributed by atoms with Crippen LogP contribution >= 0.6 is 0 Å². The average molecular weight is 236 g/mol. The summed E-state index contributed by atoms with van der Waals surface area (Å²) >= 11 is 0. The zero-order chi connectivity index (χ0) is 12.8.